The van der Waals surface area contributed by atoms with Gasteiger partial charge in [-0.15, -0.1) is 11.3 Å². The van der Waals surface area contributed by atoms with E-state index in [0.29, 0.717) is 17.3 Å². The number of hydrogen-bond acceptors (Lipinski definition) is 5. The lowest BCUT2D eigenvalue weighted by Gasteiger charge is -2.21. The van der Waals surface area contributed by atoms with E-state index in [1.54, 1.807) is 7.11 Å². The van der Waals surface area contributed by atoms with E-state index in [1.165, 1.54) is 29.7 Å². The molecule has 1 aromatic carbocycles. The summed E-state index contributed by atoms with van der Waals surface area (Å²) in [6.07, 6.45) is 2.42. The Morgan fingerprint density at radius 2 is 2.04 bits per heavy atom. The van der Waals surface area contributed by atoms with Gasteiger partial charge in [0.25, 0.3) is 5.56 Å². The number of fused-ring (bicyclic) bond motifs is 1. The molecule has 0 bridgehead atoms. The van der Waals surface area contributed by atoms with Gasteiger partial charge >= 0.3 is 0 Å². The van der Waals surface area contributed by atoms with Crippen LogP contribution in [0.1, 0.15) is 24.2 Å². The van der Waals surface area contributed by atoms with Crippen molar-refractivity contribution >= 4 is 21.6 Å². The van der Waals surface area contributed by atoms with Gasteiger partial charge in [0.2, 0.25) is 0 Å². The molecule has 1 saturated carbocycles. The van der Waals surface area contributed by atoms with E-state index in [9.17, 15) is 4.79 Å². The van der Waals surface area contributed by atoms with Crippen LogP contribution in [-0.4, -0.2) is 28.0 Å². The zero-order valence-corrected chi connectivity index (χ0v) is 14.3. The lowest BCUT2D eigenvalue weighted by atomic mass is 10.2. The number of benzene rings is 1. The number of methoxy groups -OCH3 is 1. The minimum absolute atomic E-state index is 0.0369. The number of thiophene rings is 1. The van der Waals surface area contributed by atoms with E-state index < -0.39 is 0 Å². The highest BCUT2D eigenvalue weighted by Crippen LogP contribution is 2.29. The fourth-order valence-corrected chi connectivity index (χ4v) is 3.63. The molecule has 6 heteroatoms. The smallest absolute Gasteiger partial charge is 0.268 e. The zero-order chi connectivity index (χ0) is 16.5. The predicted octanol–water partition coefficient (Wildman–Crippen LogP) is 3.16. The van der Waals surface area contributed by atoms with Crippen LogP contribution in [0.5, 0.6) is 5.75 Å². The number of nitrogens with zero attached hydrogens (tertiary/aromatic N) is 2. The minimum atomic E-state index is -0.0369. The molecule has 1 N–H and O–H groups in total. The summed E-state index contributed by atoms with van der Waals surface area (Å²) >= 11 is 1.43. The highest BCUT2D eigenvalue weighted by Gasteiger charge is 2.29. The molecule has 1 fully saturated rings. The van der Waals surface area contributed by atoms with Crippen molar-refractivity contribution in [1.82, 2.24) is 14.9 Å². The largest absolute Gasteiger partial charge is 0.497 e. The first kappa shape index (κ1) is 15.4. The van der Waals surface area contributed by atoms with Gasteiger partial charge in [-0.25, -0.2) is 4.98 Å². The van der Waals surface area contributed by atoms with E-state index in [0.717, 1.165) is 23.6 Å². The van der Waals surface area contributed by atoms with Crippen LogP contribution < -0.4 is 10.3 Å². The van der Waals surface area contributed by atoms with E-state index in [4.69, 9.17) is 4.74 Å². The van der Waals surface area contributed by atoms with Gasteiger partial charge in [-0.05, 0) is 42.0 Å². The molecule has 5 nitrogen and oxygen atoms in total. The summed E-state index contributed by atoms with van der Waals surface area (Å²) in [6, 6.07) is 10.6. The Kier molecular flexibility index (Phi) is 4.08. The average Bonchev–Trinajstić information content (AvgIpc) is 3.33. The van der Waals surface area contributed by atoms with Crippen LogP contribution in [0.15, 0.2) is 40.5 Å². The van der Waals surface area contributed by atoms with Gasteiger partial charge in [0.15, 0.2) is 0 Å². The Balaban J connectivity index is 1.55. The fourth-order valence-electron chi connectivity index (χ4n) is 2.91. The maximum Gasteiger partial charge on any atom is 0.268 e. The molecule has 124 valence electrons. The number of ether oxygens (including phenoxy) is 1. The number of nitrogens with one attached hydrogen (secondary N) is 1. The lowest BCUT2D eigenvalue weighted by molar-refractivity contribution is 0.239. The SMILES string of the molecule is COc1ccc(CN(Cc2nc3ccsc3c(=O)[nH]2)C2CC2)cc1. The molecule has 0 saturated heterocycles. The third kappa shape index (κ3) is 3.20. The summed E-state index contributed by atoms with van der Waals surface area (Å²) < 4.78 is 5.91. The molecule has 24 heavy (non-hydrogen) atoms. The van der Waals surface area contributed by atoms with E-state index >= 15 is 0 Å². The van der Waals surface area contributed by atoms with Crippen molar-refractivity contribution in [2.45, 2.75) is 32.0 Å². The second kappa shape index (κ2) is 6.37. The summed E-state index contributed by atoms with van der Waals surface area (Å²) in [5.41, 5.74) is 1.99. The molecule has 2 heterocycles. The lowest BCUT2D eigenvalue weighted by Crippen LogP contribution is -2.27. The maximum absolute atomic E-state index is 12.1. The predicted molar refractivity (Wildman–Crippen MR) is 95.5 cm³/mol. The molecule has 1 aliphatic rings. The first-order valence-electron chi connectivity index (χ1n) is 8.06. The van der Waals surface area contributed by atoms with Crippen molar-refractivity contribution in [2.75, 3.05) is 7.11 Å². The van der Waals surface area contributed by atoms with Crippen LogP contribution in [0.4, 0.5) is 0 Å². The van der Waals surface area contributed by atoms with Crippen LogP contribution in [-0.2, 0) is 13.1 Å². The first-order valence-corrected chi connectivity index (χ1v) is 8.94. The summed E-state index contributed by atoms with van der Waals surface area (Å²) in [4.78, 5) is 22.1. The number of H-pyrrole nitrogens is 1. The Morgan fingerprint density at radius 3 is 2.75 bits per heavy atom. The Morgan fingerprint density at radius 1 is 1.25 bits per heavy atom. The topological polar surface area (TPSA) is 58.2 Å². The standard InChI is InChI=1S/C18H19N3O2S/c1-23-14-6-2-12(3-7-14)10-21(13-4-5-13)11-16-19-15-8-9-24-17(15)18(22)20-16/h2-3,6-9,13H,4-5,10-11H2,1H3,(H,19,20,22). The van der Waals surface area contributed by atoms with Crippen molar-refractivity contribution < 1.29 is 4.74 Å². The van der Waals surface area contributed by atoms with Gasteiger partial charge in [0.05, 0.1) is 19.2 Å². The average molecular weight is 341 g/mol. The van der Waals surface area contributed by atoms with Crippen molar-refractivity contribution in [1.29, 1.82) is 0 Å². The second-order valence-corrected chi connectivity index (χ2v) is 7.05. The number of aromatic amines is 1. The molecule has 0 radical (unpaired) electrons. The van der Waals surface area contributed by atoms with Gasteiger partial charge in [-0.2, -0.15) is 0 Å². The summed E-state index contributed by atoms with van der Waals surface area (Å²) in [5.74, 6) is 1.61. The van der Waals surface area contributed by atoms with E-state index in [1.807, 2.05) is 23.6 Å². The normalized spacial score (nSPS) is 14.4. The van der Waals surface area contributed by atoms with Gasteiger partial charge < -0.3 is 9.72 Å². The Hall–Kier alpha value is -2.18. The van der Waals surface area contributed by atoms with Crippen molar-refractivity contribution in [3.63, 3.8) is 0 Å². The maximum atomic E-state index is 12.1. The number of hydrogen-bond donors (Lipinski definition) is 1. The van der Waals surface area contributed by atoms with Crippen LogP contribution in [0, 0.1) is 0 Å². The monoisotopic (exact) mass is 341 g/mol. The number of rotatable bonds is 6. The second-order valence-electron chi connectivity index (χ2n) is 6.13. The van der Waals surface area contributed by atoms with Crippen LogP contribution in [0.3, 0.4) is 0 Å². The Bertz CT molecular complexity index is 897. The quantitative estimate of drug-likeness (QED) is 0.748. The summed E-state index contributed by atoms with van der Waals surface area (Å²) in [6.45, 7) is 1.51. The molecule has 3 aromatic rings. The molecule has 0 unspecified atom stereocenters. The molecule has 0 aliphatic heterocycles. The van der Waals surface area contributed by atoms with Crippen molar-refractivity contribution in [2.24, 2.45) is 0 Å². The third-order valence-corrected chi connectivity index (χ3v) is 5.23. The van der Waals surface area contributed by atoms with E-state index in [2.05, 4.69) is 27.0 Å². The van der Waals surface area contributed by atoms with Gasteiger partial charge in [-0.1, -0.05) is 12.1 Å². The molecule has 0 spiro atoms. The highest BCUT2D eigenvalue weighted by atomic mass is 32.1. The van der Waals surface area contributed by atoms with Crippen LogP contribution in [0.2, 0.25) is 0 Å². The fraction of sp³-hybridized carbons (Fsp3) is 0.333. The molecule has 1 aliphatic carbocycles. The zero-order valence-electron chi connectivity index (χ0n) is 13.5. The molecular formula is C18H19N3O2S. The minimum Gasteiger partial charge on any atom is -0.497 e. The number of aromatic nitrogens is 2. The molecule has 4 rings (SSSR count). The first-order chi connectivity index (χ1) is 11.7. The Labute approximate surface area is 143 Å². The van der Waals surface area contributed by atoms with Gasteiger partial charge in [-0.3, -0.25) is 9.69 Å². The molecule has 0 atom stereocenters. The van der Waals surface area contributed by atoms with Crippen molar-refractivity contribution in [3.05, 3.63) is 57.5 Å². The highest BCUT2D eigenvalue weighted by molar-refractivity contribution is 7.17. The molecular weight excluding hydrogens is 322 g/mol. The summed E-state index contributed by atoms with van der Waals surface area (Å²) in [7, 11) is 1.67. The summed E-state index contributed by atoms with van der Waals surface area (Å²) in [5, 5.41) is 1.91. The van der Waals surface area contributed by atoms with Crippen LogP contribution in [0.25, 0.3) is 10.2 Å². The molecule has 0 amide bonds. The van der Waals surface area contributed by atoms with Crippen molar-refractivity contribution in [3.8, 4) is 5.75 Å². The molecule has 2 aromatic heterocycles. The van der Waals surface area contributed by atoms with Gasteiger partial charge in [0.1, 0.15) is 16.3 Å². The van der Waals surface area contributed by atoms with Crippen LogP contribution >= 0.6 is 11.3 Å². The third-order valence-electron chi connectivity index (χ3n) is 4.32. The van der Waals surface area contributed by atoms with E-state index in [-0.39, 0.29) is 5.56 Å². The van der Waals surface area contributed by atoms with Gasteiger partial charge in [0, 0.05) is 12.6 Å².